The summed E-state index contributed by atoms with van der Waals surface area (Å²) in [4.78, 5) is 10.5. The van der Waals surface area contributed by atoms with E-state index in [9.17, 15) is 4.79 Å². The van der Waals surface area contributed by atoms with Crippen molar-refractivity contribution in [3.63, 3.8) is 0 Å². The molecule has 9 heavy (non-hydrogen) atoms. The van der Waals surface area contributed by atoms with E-state index in [4.69, 9.17) is 17.3 Å². The molecule has 4 heteroatoms. The first-order valence-corrected chi connectivity index (χ1v) is 3.24. The summed E-state index contributed by atoms with van der Waals surface area (Å²) < 4.78 is 4.55. The molecule has 0 fully saturated rings. The summed E-state index contributed by atoms with van der Waals surface area (Å²) in [6.45, 7) is 2.07. The lowest BCUT2D eigenvalue weighted by atomic mass is 10.4. The maximum atomic E-state index is 10.5. The number of alkyl halides is 1. The average molecular weight is 152 g/mol. The maximum absolute atomic E-state index is 10.5. The van der Waals surface area contributed by atoms with Gasteiger partial charge in [0.25, 0.3) is 0 Å². The molecule has 0 aromatic rings. The molecule has 0 heterocycles. The van der Waals surface area contributed by atoms with Crippen molar-refractivity contribution in [1.82, 2.24) is 0 Å². The van der Waals surface area contributed by atoms with Crippen LogP contribution in [0.2, 0.25) is 0 Å². The lowest BCUT2D eigenvalue weighted by molar-refractivity contribution is -0.144. The second-order valence-electron chi connectivity index (χ2n) is 1.51. The zero-order valence-corrected chi connectivity index (χ0v) is 6.02. The smallest absolute Gasteiger partial charge is 0.324 e. The molecule has 1 atom stereocenters. The Balaban J connectivity index is 3.46. The molecule has 0 saturated carbocycles. The van der Waals surface area contributed by atoms with Crippen molar-refractivity contribution in [2.75, 3.05) is 12.5 Å². The van der Waals surface area contributed by atoms with Crippen molar-refractivity contribution < 1.29 is 9.53 Å². The zero-order chi connectivity index (χ0) is 7.28. The van der Waals surface area contributed by atoms with Crippen LogP contribution < -0.4 is 5.73 Å². The molecule has 0 aliphatic heterocycles. The van der Waals surface area contributed by atoms with Gasteiger partial charge in [0.2, 0.25) is 0 Å². The summed E-state index contributed by atoms with van der Waals surface area (Å²) in [5.41, 5.74) is 5.20. The van der Waals surface area contributed by atoms with E-state index in [1.165, 1.54) is 0 Å². The van der Waals surface area contributed by atoms with Gasteiger partial charge in [0, 0.05) is 5.88 Å². The Hall–Kier alpha value is -0.280. The molecule has 0 spiro atoms. The molecule has 0 rings (SSSR count). The number of halogens is 1. The number of hydrogen-bond donors (Lipinski definition) is 1. The zero-order valence-electron chi connectivity index (χ0n) is 5.26. The quantitative estimate of drug-likeness (QED) is 0.460. The molecular formula is C5H10ClNO2. The minimum atomic E-state index is -0.674. The van der Waals surface area contributed by atoms with Crippen molar-refractivity contribution >= 4 is 17.6 Å². The van der Waals surface area contributed by atoms with Crippen molar-refractivity contribution in [2.24, 2.45) is 5.73 Å². The molecule has 0 bridgehead atoms. The summed E-state index contributed by atoms with van der Waals surface area (Å²) in [7, 11) is 0. The van der Waals surface area contributed by atoms with E-state index in [0.717, 1.165) is 0 Å². The Morgan fingerprint density at radius 1 is 1.89 bits per heavy atom. The topological polar surface area (TPSA) is 52.3 Å². The van der Waals surface area contributed by atoms with Crippen molar-refractivity contribution in [3.8, 4) is 0 Å². The molecule has 0 unspecified atom stereocenters. The number of ether oxygens (including phenoxy) is 1. The van der Waals surface area contributed by atoms with Gasteiger partial charge in [-0.05, 0) is 6.92 Å². The van der Waals surface area contributed by atoms with Crippen LogP contribution in [0.15, 0.2) is 0 Å². The third-order valence-corrected chi connectivity index (χ3v) is 1.09. The summed E-state index contributed by atoms with van der Waals surface area (Å²) in [6.07, 6.45) is 0. The highest BCUT2D eigenvalue weighted by Crippen LogP contribution is 1.87. The van der Waals surface area contributed by atoms with Gasteiger partial charge in [-0.25, -0.2) is 0 Å². The number of esters is 1. The largest absolute Gasteiger partial charge is 0.465 e. The monoisotopic (exact) mass is 151 g/mol. The van der Waals surface area contributed by atoms with Crippen LogP contribution in [-0.4, -0.2) is 24.5 Å². The first kappa shape index (κ1) is 8.72. The van der Waals surface area contributed by atoms with Gasteiger partial charge in [0.05, 0.1) is 6.61 Å². The van der Waals surface area contributed by atoms with E-state index in [2.05, 4.69) is 4.74 Å². The maximum Gasteiger partial charge on any atom is 0.324 e. The van der Waals surface area contributed by atoms with E-state index < -0.39 is 12.0 Å². The van der Waals surface area contributed by atoms with Gasteiger partial charge < -0.3 is 10.5 Å². The van der Waals surface area contributed by atoms with Crippen molar-refractivity contribution in [1.29, 1.82) is 0 Å². The molecule has 0 amide bonds. The molecule has 0 aliphatic carbocycles. The third kappa shape index (κ3) is 3.32. The molecule has 0 aromatic heterocycles. The highest BCUT2D eigenvalue weighted by molar-refractivity contribution is 6.19. The second kappa shape index (κ2) is 4.58. The normalized spacial score (nSPS) is 12.8. The number of rotatable bonds is 3. The Bertz CT molecular complexity index is 97.0. The van der Waals surface area contributed by atoms with Gasteiger partial charge in [-0.1, -0.05) is 0 Å². The average Bonchev–Trinajstić information content (AvgIpc) is 1.87. The summed E-state index contributed by atoms with van der Waals surface area (Å²) in [5.74, 6) is -0.328. The Labute approximate surface area is 59.1 Å². The summed E-state index contributed by atoms with van der Waals surface area (Å²) in [6, 6.07) is -0.674. The van der Waals surface area contributed by atoms with Gasteiger partial charge in [-0.15, -0.1) is 11.6 Å². The first-order chi connectivity index (χ1) is 4.22. The molecule has 0 saturated heterocycles. The van der Waals surface area contributed by atoms with E-state index in [1.807, 2.05) is 0 Å². The Morgan fingerprint density at radius 3 is 2.78 bits per heavy atom. The van der Waals surface area contributed by atoms with Crippen LogP contribution in [-0.2, 0) is 9.53 Å². The molecular weight excluding hydrogens is 142 g/mol. The van der Waals surface area contributed by atoms with E-state index in [0.29, 0.717) is 6.61 Å². The molecule has 0 aromatic carbocycles. The lowest BCUT2D eigenvalue weighted by Gasteiger charge is -2.04. The third-order valence-electron chi connectivity index (χ3n) is 0.756. The van der Waals surface area contributed by atoms with Crippen LogP contribution >= 0.6 is 11.6 Å². The standard InChI is InChI=1S/C5H10ClNO2/c1-2-9-5(8)4(7)3-6/h4H,2-3,7H2,1H3/t4-/m0/s1. The summed E-state index contributed by atoms with van der Waals surface area (Å²) in [5, 5.41) is 0. The molecule has 3 nitrogen and oxygen atoms in total. The van der Waals surface area contributed by atoms with E-state index >= 15 is 0 Å². The highest BCUT2D eigenvalue weighted by atomic mass is 35.5. The highest BCUT2D eigenvalue weighted by Gasteiger charge is 2.11. The van der Waals surface area contributed by atoms with E-state index in [1.54, 1.807) is 6.92 Å². The van der Waals surface area contributed by atoms with Gasteiger partial charge in [0.1, 0.15) is 6.04 Å². The number of nitrogens with two attached hydrogens (primary N) is 1. The summed E-state index contributed by atoms with van der Waals surface area (Å²) >= 11 is 5.26. The number of carbonyl (C=O) groups excluding carboxylic acids is 1. The molecule has 0 aliphatic rings. The number of carbonyl (C=O) groups is 1. The molecule has 0 radical (unpaired) electrons. The lowest BCUT2D eigenvalue weighted by Crippen LogP contribution is -2.33. The Kier molecular flexibility index (Phi) is 4.44. The minimum Gasteiger partial charge on any atom is -0.465 e. The minimum absolute atomic E-state index is 0.110. The Morgan fingerprint density at radius 2 is 2.44 bits per heavy atom. The molecule has 2 N–H and O–H groups in total. The number of hydrogen-bond acceptors (Lipinski definition) is 3. The predicted molar refractivity (Wildman–Crippen MR) is 35.3 cm³/mol. The van der Waals surface area contributed by atoms with Crippen molar-refractivity contribution in [3.05, 3.63) is 0 Å². The van der Waals surface area contributed by atoms with Crippen LogP contribution in [0, 0.1) is 0 Å². The van der Waals surface area contributed by atoms with Crippen molar-refractivity contribution in [2.45, 2.75) is 13.0 Å². The van der Waals surface area contributed by atoms with Crippen LogP contribution in [0.5, 0.6) is 0 Å². The fourth-order valence-corrected chi connectivity index (χ4v) is 0.438. The first-order valence-electron chi connectivity index (χ1n) is 2.70. The fourth-order valence-electron chi connectivity index (χ4n) is 0.312. The van der Waals surface area contributed by atoms with E-state index in [-0.39, 0.29) is 5.88 Å². The van der Waals surface area contributed by atoms with Gasteiger partial charge in [-0.3, -0.25) is 4.79 Å². The van der Waals surface area contributed by atoms with Crippen LogP contribution in [0.3, 0.4) is 0 Å². The van der Waals surface area contributed by atoms with Crippen LogP contribution in [0.4, 0.5) is 0 Å². The fraction of sp³-hybridized carbons (Fsp3) is 0.800. The second-order valence-corrected chi connectivity index (χ2v) is 1.82. The SMILES string of the molecule is CCOC(=O)[C@@H](N)CCl. The van der Waals surface area contributed by atoms with Crippen LogP contribution in [0.25, 0.3) is 0 Å². The van der Waals surface area contributed by atoms with Gasteiger partial charge >= 0.3 is 5.97 Å². The van der Waals surface area contributed by atoms with Gasteiger partial charge in [0.15, 0.2) is 0 Å². The molecule has 54 valence electrons. The van der Waals surface area contributed by atoms with Crippen LogP contribution in [0.1, 0.15) is 6.92 Å². The van der Waals surface area contributed by atoms with Gasteiger partial charge in [-0.2, -0.15) is 0 Å². The predicted octanol–water partition coefficient (Wildman–Crippen LogP) is 0.116.